The lowest BCUT2D eigenvalue weighted by Gasteiger charge is -2.26. The van der Waals surface area contributed by atoms with Crippen molar-refractivity contribution in [3.63, 3.8) is 0 Å². The molecule has 0 saturated carbocycles. The summed E-state index contributed by atoms with van der Waals surface area (Å²) in [7, 11) is 0. The average Bonchev–Trinajstić information content (AvgIpc) is 3.15. The molecule has 14 heteroatoms. The molecule has 1 aliphatic heterocycles. The van der Waals surface area contributed by atoms with Gasteiger partial charge in [-0.3, -0.25) is 14.2 Å². The number of esters is 2. The van der Waals surface area contributed by atoms with Gasteiger partial charge in [-0.15, -0.1) is 0 Å². The van der Waals surface area contributed by atoms with Gasteiger partial charge in [-0.2, -0.15) is 13.2 Å². The third-order valence-corrected chi connectivity index (χ3v) is 8.01. The molecule has 0 saturated heterocycles. The molecule has 0 N–H and O–H groups in total. The molecule has 0 aliphatic carbocycles. The van der Waals surface area contributed by atoms with Gasteiger partial charge in [-0.1, -0.05) is 35.1 Å². The monoisotopic (exact) mass is 802 g/mol. The van der Waals surface area contributed by atoms with Gasteiger partial charge in [0, 0.05) is 21.1 Å². The van der Waals surface area contributed by atoms with Crippen LogP contribution in [0, 0.1) is 7.14 Å². The van der Waals surface area contributed by atoms with Gasteiger partial charge in [0.25, 0.3) is 5.56 Å². The summed E-state index contributed by atoms with van der Waals surface area (Å²) < 4.78 is 55.4. The number of thiazole rings is 1. The molecule has 3 aromatic rings. The molecule has 2 aromatic carbocycles. The first-order valence-corrected chi connectivity index (χ1v) is 14.4. The van der Waals surface area contributed by atoms with E-state index in [1.807, 2.05) is 22.6 Å². The molecule has 7 nitrogen and oxygen atoms in total. The summed E-state index contributed by atoms with van der Waals surface area (Å²) in [4.78, 5) is 41.8. The van der Waals surface area contributed by atoms with Crippen LogP contribution in [0.15, 0.2) is 57.5 Å². The van der Waals surface area contributed by atoms with Crippen LogP contribution in [0.4, 0.5) is 13.2 Å². The van der Waals surface area contributed by atoms with Gasteiger partial charge in [0.05, 0.1) is 26.3 Å². The quantitative estimate of drug-likeness (QED) is 0.203. The fourth-order valence-corrected chi connectivity index (χ4v) is 7.00. The van der Waals surface area contributed by atoms with Crippen molar-refractivity contribution in [2.75, 3.05) is 6.61 Å². The summed E-state index contributed by atoms with van der Waals surface area (Å²) in [6.45, 7) is 2.50. The van der Waals surface area contributed by atoms with Gasteiger partial charge in [-0.25, -0.2) is 9.79 Å². The molecule has 0 fully saturated rings. The van der Waals surface area contributed by atoms with Crippen LogP contribution in [0.2, 0.25) is 5.02 Å². The van der Waals surface area contributed by atoms with E-state index in [2.05, 4.69) is 27.6 Å². The van der Waals surface area contributed by atoms with E-state index in [0.29, 0.717) is 25.5 Å². The molecule has 2 heterocycles. The van der Waals surface area contributed by atoms with Crippen molar-refractivity contribution in [3.05, 3.63) is 90.6 Å². The smallest absolute Gasteiger partial charge is 0.434 e. The van der Waals surface area contributed by atoms with Gasteiger partial charge in [0.2, 0.25) is 0 Å². The highest BCUT2D eigenvalue weighted by atomic mass is 127. The average molecular weight is 803 g/mol. The Morgan fingerprint density at radius 2 is 1.87 bits per heavy atom. The highest BCUT2D eigenvalue weighted by Gasteiger charge is 2.45. The minimum atomic E-state index is -5.02. The number of aromatic nitrogens is 1. The Hall–Kier alpha value is -2.24. The van der Waals surface area contributed by atoms with Crippen molar-refractivity contribution in [3.8, 4) is 5.75 Å². The molecule has 0 unspecified atom stereocenters. The first-order chi connectivity index (χ1) is 18.3. The molecular weight excluding hydrogens is 787 g/mol. The van der Waals surface area contributed by atoms with Crippen molar-refractivity contribution < 1.29 is 32.2 Å². The normalized spacial score (nSPS) is 15.6. The van der Waals surface area contributed by atoms with Gasteiger partial charge in [-0.05, 0) is 88.0 Å². The number of fused-ring (bicyclic) bond motifs is 1. The number of carbonyl (C=O) groups excluding carboxylic acids is 2. The standard InChI is InChI=1S/C25H16ClF3I2N2O5S/c1-3-37-23(36)18-19(12-4-6-14(26)7-5-12)33-22(35)17(39-24(33)32-21(18)25(27,28)29)9-13-8-15(30)10-16(31)20(13)38-11(2)34/h4-10,19H,3H2,1-2H3/b17-9-/t19-/m1/s1. The van der Waals surface area contributed by atoms with Crippen molar-refractivity contribution in [2.24, 2.45) is 4.99 Å². The zero-order valence-electron chi connectivity index (χ0n) is 19.9. The Bertz CT molecular complexity index is 1700. The number of carbonyl (C=O) groups is 2. The Morgan fingerprint density at radius 3 is 2.46 bits per heavy atom. The summed E-state index contributed by atoms with van der Waals surface area (Å²) >= 11 is 10.7. The van der Waals surface area contributed by atoms with Crippen LogP contribution < -0.4 is 19.6 Å². The zero-order chi connectivity index (χ0) is 28.6. The van der Waals surface area contributed by atoms with Crippen LogP contribution in [-0.4, -0.2) is 29.3 Å². The molecular formula is C25H16ClF3I2N2O5S. The number of alkyl halides is 3. The van der Waals surface area contributed by atoms with Gasteiger partial charge in [0.1, 0.15) is 0 Å². The predicted octanol–water partition coefficient (Wildman–Crippen LogP) is 5.13. The second-order valence-corrected chi connectivity index (χ2v) is 11.9. The molecule has 0 amide bonds. The Labute approximate surface area is 255 Å². The van der Waals surface area contributed by atoms with Gasteiger partial charge < -0.3 is 9.47 Å². The van der Waals surface area contributed by atoms with Crippen LogP contribution in [0.3, 0.4) is 0 Å². The highest BCUT2D eigenvalue weighted by Crippen LogP contribution is 2.38. The van der Waals surface area contributed by atoms with E-state index in [1.54, 1.807) is 12.1 Å². The molecule has 1 aromatic heterocycles. The summed E-state index contributed by atoms with van der Waals surface area (Å²) in [6, 6.07) is 7.71. The number of benzene rings is 2. The fourth-order valence-electron chi connectivity index (χ4n) is 3.88. The number of allylic oxidation sites excluding steroid dienone is 1. The number of nitrogens with zero attached hydrogens (tertiary/aromatic N) is 2. The Morgan fingerprint density at radius 1 is 1.21 bits per heavy atom. The molecule has 204 valence electrons. The molecule has 0 radical (unpaired) electrons. The summed E-state index contributed by atoms with van der Waals surface area (Å²) in [6.07, 6.45) is -3.59. The number of hydrogen-bond donors (Lipinski definition) is 0. The summed E-state index contributed by atoms with van der Waals surface area (Å²) in [5.74, 6) is -1.62. The topological polar surface area (TPSA) is 87.0 Å². The van der Waals surface area contributed by atoms with E-state index in [-0.39, 0.29) is 27.3 Å². The van der Waals surface area contributed by atoms with Crippen LogP contribution in [0.5, 0.6) is 5.75 Å². The number of ether oxygens (including phenoxy) is 2. The first kappa shape index (κ1) is 29.7. The maximum atomic E-state index is 14.2. The van der Waals surface area contributed by atoms with Crippen molar-refractivity contribution in [2.45, 2.75) is 26.1 Å². The lowest BCUT2D eigenvalue weighted by molar-refractivity contribution is -0.140. The lowest BCUT2D eigenvalue weighted by Crippen LogP contribution is -2.41. The van der Waals surface area contributed by atoms with Crippen LogP contribution in [0.25, 0.3) is 6.08 Å². The largest absolute Gasteiger partial charge is 0.463 e. The third kappa shape index (κ3) is 6.25. The van der Waals surface area contributed by atoms with E-state index in [4.69, 9.17) is 21.1 Å². The third-order valence-electron chi connectivity index (χ3n) is 5.35. The SMILES string of the molecule is CCOC(=O)C1=C(C(F)(F)F)N=c2s/c(=C\c3cc(I)cc(I)c3OC(C)=O)c(=O)n2[C@@H]1c1ccc(Cl)cc1. The van der Waals surface area contributed by atoms with Crippen LogP contribution in [-0.2, 0) is 14.3 Å². The highest BCUT2D eigenvalue weighted by molar-refractivity contribution is 14.1. The van der Waals surface area contributed by atoms with E-state index < -0.39 is 41.0 Å². The Kier molecular flexibility index (Phi) is 8.92. The van der Waals surface area contributed by atoms with E-state index in [1.165, 1.54) is 44.2 Å². The molecule has 0 bridgehead atoms. The van der Waals surface area contributed by atoms with Crippen LogP contribution in [0.1, 0.15) is 31.0 Å². The summed E-state index contributed by atoms with van der Waals surface area (Å²) in [5, 5.41) is 0.315. The number of halogens is 6. The van der Waals surface area contributed by atoms with Crippen molar-refractivity contribution in [1.29, 1.82) is 0 Å². The summed E-state index contributed by atoms with van der Waals surface area (Å²) in [5.41, 5.74) is -2.37. The maximum absolute atomic E-state index is 14.2. The van der Waals surface area contributed by atoms with E-state index >= 15 is 0 Å². The number of hydrogen-bond acceptors (Lipinski definition) is 7. The van der Waals surface area contributed by atoms with Crippen LogP contribution >= 0.6 is 68.1 Å². The lowest BCUT2D eigenvalue weighted by atomic mass is 9.95. The Balaban J connectivity index is 2.07. The molecule has 1 aliphatic rings. The van der Waals surface area contributed by atoms with Gasteiger partial charge in [0.15, 0.2) is 16.2 Å². The van der Waals surface area contributed by atoms with Crippen molar-refractivity contribution >= 4 is 86.1 Å². The molecule has 39 heavy (non-hydrogen) atoms. The van der Waals surface area contributed by atoms with Gasteiger partial charge >= 0.3 is 18.1 Å². The molecule has 1 atom stereocenters. The zero-order valence-corrected chi connectivity index (χ0v) is 25.8. The molecule has 0 spiro atoms. The maximum Gasteiger partial charge on any atom is 0.434 e. The second-order valence-electron chi connectivity index (χ2n) is 8.01. The van der Waals surface area contributed by atoms with E-state index in [0.717, 1.165) is 8.14 Å². The predicted molar refractivity (Wildman–Crippen MR) is 155 cm³/mol. The first-order valence-electron chi connectivity index (χ1n) is 11.0. The minimum absolute atomic E-state index is 0.0190. The number of rotatable bonds is 5. The second kappa shape index (κ2) is 11.7. The molecule has 4 rings (SSSR count). The van der Waals surface area contributed by atoms with Crippen molar-refractivity contribution in [1.82, 2.24) is 4.57 Å². The van der Waals surface area contributed by atoms with E-state index in [9.17, 15) is 27.6 Å². The fraction of sp³-hybridized carbons (Fsp3) is 0.200. The minimum Gasteiger partial charge on any atom is -0.463 e.